The number of carbonyl (C=O) groups is 2. The van der Waals surface area contributed by atoms with Gasteiger partial charge in [0.15, 0.2) is 5.17 Å². The van der Waals surface area contributed by atoms with E-state index < -0.39 is 0 Å². The van der Waals surface area contributed by atoms with Crippen LogP contribution in [0.3, 0.4) is 0 Å². The van der Waals surface area contributed by atoms with Crippen LogP contribution < -0.4 is 4.74 Å². The molecule has 1 fully saturated rings. The van der Waals surface area contributed by atoms with E-state index in [2.05, 4.69) is 4.99 Å². The van der Waals surface area contributed by atoms with E-state index >= 15 is 0 Å². The number of para-hydroxylation sites is 1. The second kappa shape index (κ2) is 9.43. The van der Waals surface area contributed by atoms with Crippen LogP contribution in [0.4, 0.5) is 5.69 Å². The largest absolute Gasteiger partial charge is 0.493 e. The number of amidine groups is 1. The van der Waals surface area contributed by atoms with Gasteiger partial charge in [-0.2, -0.15) is 0 Å². The first-order chi connectivity index (χ1) is 14.0. The lowest BCUT2D eigenvalue weighted by atomic mass is 10.2. The van der Waals surface area contributed by atoms with E-state index in [0.29, 0.717) is 34.5 Å². The number of thioether (sulfide) groups is 1. The van der Waals surface area contributed by atoms with E-state index in [9.17, 15) is 9.59 Å². The van der Waals surface area contributed by atoms with Crippen LogP contribution >= 0.6 is 11.8 Å². The van der Waals surface area contributed by atoms with Crippen LogP contribution in [-0.2, 0) is 9.53 Å². The molecule has 1 heterocycles. The fraction of sp³-hybridized carbons (Fsp3) is 0.227. The fourth-order valence-corrected chi connectivity index (χ4v) is 3.65. The molecule has 1 amide bonds. The molecule has 0 saturated carbocycles. The minimum atomic E-state index is -0.368. The van der Waals surface area contributed by atoms with Gasteiger partial charge in [0.2, 0.25) is 0 Å². The van der Waals surface area contributed by atoms with Crippen molar-refractivity contribution < 1.29 is 19.1 Å². The van der Waals surface area contributed by atoms with E-state index in [0.717, 1.165) is 11.3 Å². The molecule has 7 heteroatoms. The summed E-state index contributed by atoms with van der Waals surface area (Å²) in [5.41, 5.74) is 1.96. The maximum Gasteiger partial charge on any atom is 0.338 e. The van der Waals surface area contributed by atoms with Crippen LogP contribution in [0.5, 0.6) is 5.75 Å². The SMILES string of the molecule is CCOC(=O)c1ccc(N=C2S/C(=C\c3ccccc3OCC)C(=O)N2C)cc1. The number of esters is 1. The molecule has 150 valence electrons. The van der Waals surface area contributed by atoms with Gasteiger partial charge < -0.3 is 9.47 Å². The molecule has 0 aromatic heterocycles. The summed E-state index contributed by atoms with van der Waals surface area (Å²) in [4.78, 5) is 31.0. The normalized spacial score (nSPS) is 16.5. The summed E-state index contributed by atoms with van der Waals surface area (Å²) >= 11 is 1.30. The molecule has 0 aliphatic carbocycles. The number of aliphatic imine (C=N–C) groups is 1. The van der Waals surface area contributed by atoms with Gasteiger partial charge in [-0.05, 0) is 62.0 Å². The van der Waals surface area contributed by atoms with Crippen LogP contribution in [0, 0.1) is 0 Å². The summed E-state index contributed by atoms with van der Waals surface area (Å²) in [6.07, 6.45) is 1.82. The molecule has 0 unspecified atom stereocenters. The Labute approximate surface area is 174 Å². The predicted molar refractivity (Wildman–Crippen MR) is 115 cm³/mol. The van der Waals surface area contributed by atoms with Gasteiger partial charge in [-0.25, -0.2) is 9.79 Å². The molecule has 0 radical (unpaired) electrons. The summed E-state index contributed by atoms with van der Waals surface area (Å²) in [7, 11) is 1.69. The molecule has 6 nitrogen and oxygen atoms in total. The van der Waals surface area contributed by atoms with Crippen molar-refractivity contribution in [1.29, 1.82) is 0 Å². The molecule has 0 atom stereocenters. The van der Waals surface area contributed by atoms with Crippen molar-refractivity contribution in [2.75, 3.05) is 20.3 Å². The van der Waals surface area contributed by atoms with Gasteiger partial charge in [0.05, 0.1) is 29.4 Å². The molecule has 1 aliphatic rings. The monoisotopic (exact) mass is 410 g/mol. The molecular weight excluding hydrogens is 388 g/mol. The van der Waals surface area contributed by atoms with Crippen molar-refractivity contribution in [3.63, 3.8) is 0 Å². The van der Waals surface area contributed by atoms with E-state index in [-0.39, 0.29) is 11.9 Å². The number of rotatable bonds is 6. The summed E-state index contributed by atoms with van der Waals surface area (Å²) in [6, 6.07) is 14.4. The van der Waals surface area contributed by atoms with Gasteiger partial charge >= 0.3 is 5.97 Å². The van der Waals surface area contributed by atoms with Gasteiger partial charge in [0.25, 0.3) is 5.91 Å². The highest BCUT2D eigenvalue weighted by atomic mass is 32.2. The van der Waals surface area contributed by atoms with Crippen molar-refractivity contribution in [3.05, 3.63) is 64.6 Å². The average molecular weight is 410 g/mol. The first kappa shape index (κ1) is 20.7. The van der Waals surface area contributed by atoms with Crippen molar-refractivity contribution in [2.24, 2.45) is 4.99 Å². The third-order valence-corrected chi connectivity index (χ3v) is 5.17. The highest BCUT2D eigenvalue weighted by Gasteiger charge is 2.30. The molecule has 0 spiro atoms. The third kappa shape index (κ3) is 4.86. The lowest BCUT2D eigenvalue weighted by Crippen LogP contribution is -2.23. The predicted octanol–water partition coefficient (Wildman–Crippen LogP) is 4.50. The van der Waals surface area contributed by atoms with Crippen molar-refractivity contribution in [3.8, 4) is 5.75 Å². The molecular formula is C22H22N2O4S. The van der Waals surface area contributed by atoms with E-state index in [1.165, 1.54) is 16.7 Å². The number of carbonyl (C=O) groups excluding carboxylic acids is 2. The zero-order valence-corrected chi connectivity index (χ0v) is 17.4. The van der Waals surface area contributed by atoms with E-state index in [1.807, 2.05) is 37.3 Å². The molecule has 3 rings (SSSR count). The zero-order valence-electron chi connectivity index (χ0n) is 16.5. The number of benzene rings is 2. The minimum absolute atomic E-state index is 0.122. The Morgan fingerprint density at radius 3 is 2.52 bits per heavy atom. The highest BCUT2D eigenvalue weighted by molar-refractivity contribution is 8.18. The Bertz CT molecular complexity index is 967. The van der Waals surface area contributed by atoms with E-state index in [1.54, 1.807) is 38.2 Å². The molecule has 1 saturated heterocycles. The first-order valence-electron chi connectivity index (χ1n) is 9.28. The van der Waals surface area contributed by atoms with Gasteiger partial charge in [-0.1, -0.05) is 18.2 Å². The van der Waals surface area contributed by atoms with Crippen LogP contribution in [0.15, 0.2) is 58.4 Å². The summed E-state index contributed by atoms with van der Waals surface area (Å²) < 4.78 is 10.6. The van der Waals surface area contributed by atoms with Gasteiger partial charge in [0.1, 0.15) is 5.75 Å². The van der Waals surface area contributed by atoms with Gasteiger partial charge in [-0.15, -0.1) is 0 Å². The van der Waals surface area contributed by atoms with Crippen molar-refractivity contribution in [1.82, 2.24) is 4.90 Å². The van der Waals surface area contributed by atoms with Crippen LogP contribution in [0.2, 0.25) is 0 Å². The van der Waals surface area contributed by atoms with Gasteiger partial charge in [0, 0.05) is 12.6 Å². The lowest BCUT2D eigenvalue weighted by Gasteiger charge is -2.08. The highest BCUT2D eigenvalue weighted by Crippen LogP contribution is 2.34. The average Bonchev–Trinajstić information content (AvgIpc) is 2.98. The summed E-state index contributed by atoms with van der Waals surface area (Å²) in [6.45, 7) is 4.56. The quantitative estimate of drug-likeness (QED) is 0.518. The van der Waals surface area contributed by atoms with Crippen LogP contribution in [0.1, 0.15) is 29.8 Å². The first-order valence-corrected chi connectivity index (χ1v) is 10.1. The maximum absolute atomic E-state index is 12.6. The number of nitrogens with zero attached hydrogens (tertiary/aromatic N) is 2. The number of likely N-dealkylation sites (N-methyl/N-ethyl adjacent to an activating group) is 1. The Kier molecular flexibility index (Phi) is 6.72. The Morgan fingerprint density at radius 1 is 1.10 bits per heavy atom. The van der Waals surface area contributed by atoms with Crippen LogP contribution in [-0.4, -0.2) is 42.2 Å². The summed E-state index contributed by atoms with van der Waals surface area (Å²) in [5, 5.41) is 0.569. The second-order valence-electron chi connectivity index (χ2n) is 6.11. The topological polar surface area (TPSA) is 68.2 Å². The number of amides is 1. The summed E-state index contributed by atoms with van der Waals surface area (Å²) in [5.74, 6) is 0.245. The number of hydrogen-bond acceptors (Lipinski definition) is 6. The number of hydrogen-bond donors (Lipinski definition) is 0. The van der Waals surface area contributed by atoms with Crippen LogP contribution in [0.25, 0.3) is 6.08 Å². The molecule has 2 aromatic rings. The number of ether oxygens (including phenoxy) is 2. The molecule has 29 heavy (non-hydrogen) atoms. The molecule has 0 bridgehead atoms. The Balaban J connectivity index is 1.82. The van der Waals surface area contributed by atoms with Crippen molar-refractivity contribution in [2.45, 2.75) is 13.8 Å². The second-order valence-corrected chi connectivity index (χ2v) is 7.12. The lowest BCUT2D eigenvalue weighted by molar-refractivity contribution is -0.121. The molecule has 1 aliphatic heterocycles. The molecule has 0 N–H and O–H groups in total. The standard InChI is InChI=1S/C22H22N2O4S/c1-4-27-18-9-7-6-8-16(18)14-19-20(25)24(3)22(29-19)23-17-12-10-15(11-13-17)21(26)28-5-2/h6-14H,4-5H2,1-3H3/b19-14-,23-22?. The van der Waals surface area contributed by atoms with E-state index in [4.69, 9.17) is 9.47 Å². The minimum Gasteiger partial charge on any atom is -0.493 e. The fourth-order valence-electron chi connectivity index (χ4n) is 2.68. The molecule has 2 aromatic carbocycles. The smallest absolute Gasteiger partial charge is 0.338 e. The third-order valence-electron chi connectivity index (χ3n) is 4.11. The maximum atomic E-state index is 12.6. The van der Waals surface area contributed by atoms with Gasteiger partial charge in [-0.3, -0.25) is 9.69 Å². The Hall–Kier alpha value is -3.06. The zero-order chi connectivity index (χ0) is 20.8. The Morgan fingerprint density at radius 2 is 1.83 bits per heavy atom. The van der Waals surface area contributed by atoms with Crippen molar-refractivity contribution >= 4 is 40.6 Å².